The van der Waals surface area contributed by atoms with Crippen LogP contribution in [0.4, 0.5) is 0 Å². The van der Waals surface area contributed by atoms with Crippen LogP contribution < -0.4 is 10.0 Å². The standard InChI is InChI=1S/C20H29N3O6S/c1-13(2)18(22-30(28,29)16-6-4-14(3)5-7-16)20(27)23-10-8-15(9-11-23)19(26)21-12-17(24)25/h4-7,13,15,18,22H,8-12H2,1-3H3,(H,21,26)(H,24,25)/t18-/m1/s1. The van der Waals surface area contributed by atoms with E-state index in [0.717, 1.165) is 5.56 Å². The quantitative estimate of drug-likeness (QED) is 0.547. The third-order valence-electron chi connectivity index (χ3n) is 5.14. The van der Waals surface area contributed by atoms with Gasteiger partial charge in [0, 0.05) is 19.0 Å². The highest BCUT2D eigenvalue weighted by atomic mass is 32.2. The summed E-state index contributed by atoms with van der Waals surface area (Å²) in [7, 11) is -3.86. The molecule has 1 aromatic rings. The second kappa shape index (κ2) is 10.0. The maximum absolute atomic E-state index is 13.0. The van der Waals surface area contributed by atoms with E-state index >= 15 is 0 Å². The van der Waals surface area contributed by atoms with Crippen LogP contribution in [0.3, 0.4) is 0 Å². The maximum atomic E-state index is 13.0. The van der Waals surface area contributed by atoms with Gasteiger partial charge in [-0.3, -0.25) is 14.4 Å². The molecule has 30 heavy (non-hydrogen) atoms. The lowest BCUT2D eigenvalue weighted by atomic mass is 9.94. The average Bonchev–Trinajstić information content (AvgIpc) is 2.70. The molecule has 2 amide bonds. The summed E-state index contributed by atoms with van der Waals surface area (Å²) in [4.78, 5) is 37.3. The number of benzene rings is 1. The Bertz CT molecular complexity index is 874. The van der Waals surface area contributed by atoms with E-state index in [1.165, 1.54) is 12.1 Å². The number of hydrogen-bond donors (Lipinski definition) is 3. The molecule has 0 unspecified atom stereocenters. The van der Waals surface area contributed by atoms with Gasteiger partial charge in [0.25, 0.3) is 0 Å². The molecule has 0 bridgehead atoms. The highest BCUT2D eigenvalue weighted by Gasteiger charge is 2.34. The van der Waals surface area contributed by atoms with E-state index < -0.39 is 28.6 Å². The van der Waals surface area contributed by atoms with Crippen molar-refractivity contribution < 1.29 is 27.9 Å². The number of carboxylic acids is 1. The zero-order valence-corrected chi connectivity index (χ0v) is 18.2. The number of carbonyl (C=O) groups excluding carboxylic acids is 2. The van der Waals surface area contributed by atoms with Crippen molar-refractivity contribution in [1.29, 1.82) is 0 Å². The van der Waals surface area contributed by atoms with E-state index in [0.29, 0.717) is 25.9 Å². The van der Waals surface area contributed by atoms with Gasteiger partial charge in [-0.1, -0.05) is 31.5 Å². The highest BCUT2D eigenvalue weighted by Crippen LogP contribution is 2.20. The molecule has 1 saturated heterocycles. The Morgan fingerprint density at radius 2 is 1.70 bits per heavy atom. The van der Waals surface area contributed by atoms with Gasteiger partial charge in [-0.25, -0.2) is 8.42 Å². The van der Waals surface area contributed by atoms with Crippen molar-refractivity contribution >= 4 is 27.8 Å². The lowest BCUT2D eigenvalue weighted by molar-refractivity contribution is -0.139. The third kappa shape index (κ3) is 6.27. The summed E-state index contributed by atoms with van der Waals surface area (Å²) < 4.78 is 28.0. The highest BCUT2D eigenvalue weighted by molar-refractivity contribution is 7.89. The summed E-state index contributed by atoms with van der Waals surface area (Å²) in [5.41, 5.74) is 0.931. The molecule has 1 aromatic carbocycles. The summed E-state index contributed by atoms with van der Waals surface area (Å²) >= 11 is 0. The molecule has 1 aliphatic heterocycles. The van der Waals surface area contributed by atoms with Gasteiger partial charge in [-0.2, -0.15) is 4.72 Å². The first-order valence-corrected chi connectivity index (χ1v) is 11.4. The van der Waals surface area contributed by atoms with Crippen molar-refractivity contribution in [2.45, 2.75) is 44.6 Å². The number of carbonyl (C=O) groups is 3. The molecule has 0 radical (unpaired) electrons. The minimum absolute atomic E-state index is 0.0976. The number of rotatable bonds is 8. The van der Waals surface area contributed by atoms with Crippen LogP contribution >= 0.6 is 0 Å². The minimum atomic E-state index is -3.86. The molecule has 10 heteroatoms. The first-order valence-electron chi connectivity index (χ1n) is 9.88. The SMILES string of the molecule is Cc1ccc(S(=O)(=O)N[C@@H](C(=O)N2CCC(C(=O)NCC(=O)O)CC2)C(C)C)cc1. The molecule has 0 aliphatic carbocycles. The lowest BCUT2D eigenvalue weighted by Crippen LogP contribution is -2.53. The van der Waals surface area contributed by atoms with Crippen molar-refractivity contribution in [3.63, 3.8) is 0 Å². The van der Waals surface area contributed by atoms with Crippen molar-refractivity contribution in [2.75, 3.05) is 19.6 Å². The Morgan fingerprint density at radius 3 is 2.20 bits per heavy atom. The molecule has 2 rings (SSSR count). The number of carboxylic acid groups (broad SMARTS) is 1. The summed E-state index contributed by atoms with van der Waals surface area (Å²) in [6.45, 7) is 5.57. The monoisotopic (exact) mass is 439 g/mol. The van der Waals surface area contributed by atoms with Gasteiger partial charge in [0.05, 0.1) is 4.90 Å². The number of sulfonamides is 1. The van der Waals surface area contributed by atoms with Crippen LogP contribution in [-0.2, 0) is 24.4 Å². The van der Waals surface area contributed by atoms with Crippen LogP contribution in [0.1, 0.15) is 32.3 Å². The number of amides is 2. The Kier molecular flexibility index (Phi) is 7.96. The Hall–Kier alpha value is -2.46. The second-order valence-electron chi connectivity index (χ2n) is 7.87. The zero-order chi connectivity index (χ0) is 22.5. The lowest BCUT2D eigenvalue weighted by Gasteiger charge is -2.34. The van der Waals surface area contributed by atoms with E-state index in [1.807, 2.05) is 6.92 Å². The number of nitrogens with one attached hydrogen (secondary N) is 2. The van der Waals surface area contributed by atoms with E-state index in [-0.39, 0.29) is 28.5 Å². The number of likely N-dealkylation sites (tertiary alicyclic amines) is 1. The van der Waals surface area contributed by atoms with Crippen LogP contribution in [0.25, 0.3) is 0 Å². The van der Waals surface area contributed by atoms with Gasteiger partial charge in [-0.05, 0) is 37.8 Å². The third-order valence-corrected chi connectivity index (χ3v) is 6.59. The summed E-state index contributed by atoms with van der Waals surface area (Å²) in [6.07, 6.45) is 0.791. The van der Waals surface area contributed by atoms with Gasteiger partial charge in [0.2, 0.25) is 21.8 Å². The van der Waals surface area contributed by atoms with Crippen molar-refractivity contribution in [3.05, 3.63) is 29.8 Å². The molecule has 9 nitrogen and oxygen atoms in total. The predicted molar refractivity (Wildman–Crippen MR) is 110 cm³/mol. The predicted octanol–water partition coefficient (Wildman–Crippen LogP) is 0.737. The van der Waals surface area contributed by atoms with Crippen molar-refractivity contribution in [1.82, 2.24) is 14.9 Å². The van der Waals surface area contributed by atoms with Crippen molar-refractivity contribution in [2.24, 2.45) is 11.8 Å². The zero-order valence-electron chi connectivity index (χ0n) is 17.4. The van der Waals surface area contributed by atoms with Gasteiger partial charge < -0.3 is 15.3 Å². The fraction of sp³-hybridized carbons (Fsp3) is 0.550. The summed E-state index contributed by atoms with van der Waals surface area (Å²) in [5.74, 6) is -2.42. The molecule has 1 atom stereocenters. The van der Waals surface area contributed by atoms with Gasteiger partial charge in [-0.15, -0.1) is 0 Å². The van der Waals surface area contributed by atoms with E-state index in [9.17, 15) is 22.8 Å². The molecule has 166 valence electrons. The fourth-order valence-corrected chi connectivity index (χ4v) is 4.63. The van der Waals surface area contributed by atoms with Crippen LogP contribution in [0.5, 0.6) is 0 Å². The average molecular weight is 440 g/mol. The first-order chi connectivity index (χ1) is 14.0. The molecule has 1 fully saturated rings. The normalized spacial score (nSPS) is 16.3. The Labute approximate surface area is 176 Å². The summed E-state index contributed by atoms with van der Waals surface area (Å²) in [6, 6.07) is 5.47. The number of hydrogen-bond acceptors (Lipinski definition) is 5. The number of aryl methyl sites for hydroxylation is 1. The largest absolute Gasteiger partial charge is 0.480 e. The smallest absolute Gasteiger partial charge is 0.322 e. The molecular weight excluding hydrogens is 410 g/mol. The van der Waals surface area contributed by atoms with Gasteiger partial charge >= 0.3 is 5.97 Å². The Balaban J connectivity index is 2.02. The fourth-order valence-electron chi connectivity index (χ4n) is 3.29. The molecular formula is C20H29N3O6S. The van der Waals surface area contributed by atoms with Gasteiger partial charge in [0.15, 0.2) is 0 Å². The molecule has 3 N–H and O–H groups in total. The van der Waals surface area contributed by atoms with Crippen molar-refractivity contribution in [3.8, 4) is 0 Å². The van der Waals surface area contributed by atoms with Gasteiger partial charge in [0.1, 0.15) is 12.6 Å². The molecule has 1 aliphatic rings. The molecule has 1 heterocycles. The molecule has 0 saturated carbocycles. The summed E-state index contributed by atoms with van der Waals surface area (Å²) in [5, 5.41) is 11.0. The number of nitrogens with zero attached hydrogens (tertiary/aromatic N) is 1. The maximum Gasteiger partial charge on any atom is 0.322 e. The van der Waals surface area contributed by atoms with E-state index in [2.05, 4.69) is 10.0 Å². The van der Waals surface area contributed by atoms with Crippen LogP contribution in [0.2, 0.25) is 0 Å². The van der Waals surface area contributed by atoms with Crippen LogP contribution in [-0.4, -0.2) is 61.9 Å². The molecule has 0 aromatic heterocycles. The topological polar surface area (TPSA) is 133 Å². The minimum Gasteiger partial charge on any atom is -0.480 e. The number of aliphatic carboxylic acids is 1. The van der Waals surface area contributed by atoms with E-state index in [4.69, 9.17) is 5.11 Å². The Morgan fingerprint density at radius 1 is 1.13 bits per heavy atom. The first kappa shape index (κ1) is 23.8. The molecule has 0 spiro atoms. The van der Waals surface area contributed by atoms with Crippen LogP contribution in [0.15, 0.2) is 29.2 Å². The van der Waals surface area contributed by atoms with Crippen LogP contribution in [0, 0.1) is 18.8 Å². The second-order valence-corrected chi connectivity index (χ2v) is 9.58. The number of piperidine rings is 1. The van der Waals surface area contributed by atoms with E-state index in [1.54, 1.807) is 30.9 Å².